The standard InChI is InChI=1S/C8H9ClN4/c1-2-3-13-4-6-7(9)10-5-11-8(6)12-13/h4-5H,2-3H2,1H3. The molecule has 5 heteroatoms. The second-order valence-electron chi connectivity index (χ2n) is 2.79. The van der Waals surface area contributed by atoms with Crippen LogP contribution in [0.15, 0.2) is 12.5 Å². The van der Waals surface area contributed by atoms with Crippen molar-refractivity contribution in [1.29, 1.82) is 0 Å². The number of halogens is 1. The van der Waals surface area contributed by atoms with E-state index in [4.69, 9.17) is 11.6 Å². The largest absolute Gasteiger partial charge is 0.270 e. The van der Waals surface area contributed by atoms with Gasteiger partial charge in [-0.3, -0.25) is 4.68 Å². The Bertz CT molecular complexity index is 423. The van der Waals surface area contributed by atoms with Gasteiger partial charge in [-0.25, -0.2) is 9.97 Å². The van der Waals surface area contributed by atoms with Gasteiger partial charge >= 0.3 is 0 Å². The Hall–Kier alpha value is -1.16. The van der Waals surface area contributed by atoms with Gasteiger partial charge in [0.05, 0.1) is 5.39 Å². The Morgan fingerprint density at radius 3 is 3.00 bits per heavy atom. The molecule has 2 heterocycles. The van der Waals surface area contributed by atoms with Crippen molar-refractivity contribution in [1.82, 2.24) is 19.7 Å². The van der Waals surface area contributed by atoms with Crippen LogP contribution in [0.2, 0.25) is 5.15 Å². The highest BCUT2D eigenvalue weighted by Gasteiger charge is 2.04. The van der Waals surface area contributed by atoms with E-state index < -0.39 is 0 Å². The second kappa shape index (κ2) is 3.30. The molecule has 0 aromatic carbocycles. The Labute approximate surface area is 80.6 Å². The number of hydrogen-bond donors (Lipinski definition) is 0. The quantitative estimate of drug-likeness (QED) is 0.689. The molecule has 0 fully saturated rings. The summed E-state index contributed by atoms with van der Waals surface area (Å²) in [5, 5.41) is 5.53. The minimum Gasteiger partial charge on any atom is -0.270 e. The summed E-state index contributed by atoms with van der Waals surface area (Å²) >= 11 is 5.87. The lowest BCUT2D eigenvalue weighted by atomic mass is 10.4. The van der Waals surface area contributed by atoms with Crippen molar-refractivity contribution in [2.45, 2.75) is 19.9 Å². The molecule has 0 atom stereocenters. The zero-order valence-corrected chi connectivity index (χ0v) is 7.99. The first-order chi connectivity index (χ1) is 6.31. The summed E-state index contributed by atoms with van der Waals surface area (Å²) in [6.07, 6.45) is 4.34. The highest BCUT2D eigenvalue weighted by Crippen LogP contribution is 2.17. The molecule has 4 nitrogen and oxygen atoms in total. The van der Waals surface area contributed by atoms with Crippen LogP contribution in [-0.2, 0) is 6.54 Å². The first kappa shape index (κ1) is 8.44. The maximum absolute atomic E-state index is 5.87. The highest BCUT2D eigenvalue weighted by molar-refractivity contribution is 6.33. The maximum Gasteiger partial charge on any atom is 0.185 e. The first-order valence-electron chi connectivity index (χ1n) is 4.15. The molecule has 0 unspecified atom stereocenters. The van der Waals surface area contributed by atoms with Crippen LogP contribution in [0.4, 0.5) is 0 Å². The molecule has 68 valence electrons. The Morgan fingerprint density at radius 1 is 1.46 bits per heavy atom. The van der Waals surface area contributed by atoms with Crippen molar-refractivity contribution in [3.63, 3.8) is 0 Å². The predicted molar refractivity (Wildman–Crippen MR) is 50.6 cm³/mol. The minimum absolute atomic E-state index is 0.465. The Balaban J connectivity index is 2.55. The van der Waals surface area contributed by atoms with E-state index in [0.717, 1.165) is 18.4 Å². The summed E-state index contributed by atoms with van der Waals surface area (Å²) < 4.78 is 1.84. The molecule has 0 radical (unpaired) electrons. The summed E-state index contributed by atoms with van der Waals surface area (Å²) in [6, 6.07) is 0. The third-order valence-electron chi connectivity index (χ3n) is 1.77. The van der Waals surface area contributed by atoms with Crippen molar-refractivity contribution >= 4 is 22.6 Å². The fraction of sp³-hybridized carbons (Fsp3) is 0.375. The molecule has 0 spiro atoms. The molecule has 13 heavy (non-hydrogen) atoms. The van der Waals surface area contributed by atoms with E-state index in [1.807, 2.05) is 10.9 Å². The molecule has 2 aromatic heterocycles. The predicted octanol–water partition coefficient (Wildman–Crippen LogP) is 1.89. The van der Waals surface area contributed by atoms with Crippen LogP contribution in [-0.4, -0.2) is 19.7 Å². The van der Waals surface area contributed by atoms with Gasteiger partial charge in [-0.2, -0.15) is 5.10 Å². The molecule has 0 bridgehead atoms. The SMILES string of the molecule is CCCn1cc2c(Cl)ncnc2n1. The van der Waals surface area contributed by atoms with Gasteiger partial charge in [-0.1, -0.05) is 18.5 Å². The zero-order chi connectivity index (χ0) is 9.26. The number of rotatable bonds is 2. The van der Waals surface area contributed by atoms with Crippen molar-refractivity contribution in [2.24, 2.45) is 0 Å². The minimum atomic E-state index is 0.465. The van der Waals surface area contributed by atoms with Crippen molar-refractivity contribution in [2.75, 3.05) is 0 Å². The molecule has 2 rings (SSSR count). The first-order valence-corrected chi connectivity index (χ1v) is 4.52. The molecule has 2 aromatic rings. The van der Waals surface area contributed by atoms with Gasteiger partial charge in [0.15, 0.2) is 5.65 Å². The summed E-state index contributed by atoms with van der Waals surface area (Å²) in [5.41, 5.74) is 0.661. The van der Waals surface area contributed by atoms with E-state index in [1.54, 1.807) is 0 Å². The van der Waals surface area contributed by atoms with Crippen LogP contribution in [0, 0.1) is 0 Å². The topological polar surface area (TPSA) is 43.6 Å². The molecule has 0 N–H and O–H groups in total. The molecule has 0 aliphatic rings. The smallest absolute Gasteiger partial charge is 0.185 e. The third-order valence-corrected chi connectivity index (χ3v) is 2.07. The van der Waals surface area contributed by atoms with Crippen LogP contribution < -0.4 is 0 Å². The van der Waals surface area contributed by atoms with Crippen LogP contribution >= 0.6 is 11.6 Å². The maximum atomic E-state index is 5.87. The molecular formula is C8H9ClN4. The fourth-order valence-electron chi connectivity index (χ4n) is 1.20. The normalized spacial score (nSPS) is 10.9. The summed E-state index contributed by atoms with van der Waals surface area (Å²) in [5.74, 6) is 0. The third kappa shape index (κ3) is 1.49. The zero-order valence-electron chi connectivity index (χ0n) is 7.24. The number of aromatic nitrogens is 4. The van der Waals surface area contributed by atoms with E-state index in [1.165, 1.54) is 6.33 Å². The van der Waals surface area contributed by atoms with E-state index in [9.17, 15) is 0 Å². The second-order valence-corrected chi connectivity index (χ2v) is 3.15. The number of fused-ring (bicyclic) bond motifs is 1. The van der Waals surface area contributed by atoms with Crippen molar-refractivity contribution in [3.05, 3.63) is 17.7 Å². The highest BCUT2D eigenvalue weighted by atomic mass is 35.5. The summed E-state index contributed by atoms with van der Waals surface area (Å²) in [4.78, 5) is 7.90. The van der Waals surface area contributed by atoms with E-state index >= 15 is 0 Å². The van der Waals surface area contributed by atoms with Crippen molar-refractivity contribution in [3.8, 4) is 0 Å². The lowest BCUT2D eigenvalue weighted by Gasteiger charge is -1.93. The molecule has 0 amide bonds. The summed E-state index contributed by atoms with van der Waals surface area (Å²) in [7, 11) is 0. The average Bonchev–Trinajstić information content (AvgIpc) is 2.49. The van der Waals surface area contributed by atoms with Gasteiger partial charge in [-0.05, 0) is 6.42 Å². The molecule has 0 saturated carbocycles. The van der Waals surface area contributed by atoms with Crippen LogP contribution in [0.5, 0.6) is 0 Å². The fourth-order valence-corrected chi connectivity index (χ4v) is 1.38. The van der Waals surface area contributed by atoms with Crippen LogP contribution in [0.3, 0.4) is 0 Å². The van der Waals surface area contributed by atoms with E-state index in [2.05, 4.69) is 22.0 Å². The van der Waals surface area contributed by atoms with Crippen molar-refractivity contribution < 1.29 is 0 Å². The van der Waals surface area contributed by atoms with Gasteiger partial charge in [0.25, 0.3) is 0 Å². The lowest BCUT2D eigenvalue weighted by Crippen LogP contribution is -1.95. The number of hydrogen-bond acceptors (Lipinski definition) is 3. The number of aryl methyl sites for hydroxylation is 1. The van der Waals surface area contributed by atoms with Gasteiger partial charge in [0, 0.05) is 12.7 Å². The lowest BCUT2D eigenvalue weighted by molar-refractivity contribution is 0.607. The Kier molecular flexibility index (Phi) is 2.14. The molecular weight excluding hydrogens is 188 g/mol. The van der Waals surface area contributed by atoms with Gasteiger partial charge in [0.2, 0.25) is 0 Å². The average molecular weight is 197 g/mol. The van der Waals surface area contributed by atoms with Gasteiger partial charge in [-0.15, -0.1) is 0 Å². The molecule has 0 aliphatic heterocycles. The van der Waals surface area contributed by atoms with E-state index in [0.29, 0.717) is 10.8 Å². The van der Waals surface area contributed by atoms with Crippen LogP contribution in [0.1, 0.15) is 13.3 Å². The van der Waals surface area contributed by atoms with Crippen LogP contribution in [0.25, 0.3) is 11.0 Å². The van der Waals surface area contributed by atoms with Gasteiger partial charge < -0.3 is 0 Å². The van der Waals surface area contributed by atoms with Gasteiger partial charge in [0.1, 0.15) is 11.5 Å². The van der Waals surface area contributed by atoms with E-state index in [-0.39, 0.29) is 0 Å². The Morgan fingerprint density at radius 2 is 2.31 bits per heavy atom. The summed E-state index contributed by atoms with van der Waals surface area (Å²) in [6.45, 7) is 2.98. The molecule has 0 saturated heterocycles. The number of nitrogens with zero attached hydrogens (tertiary/aromatic N) is 4. The monoisotopic (exact) mass is 196 g/mol. The molecule has 0 aliphatic carbocycles.